The summed E-state index contributed by atoms with van der Waals surface area (Å²) < 4.78 is 77.3. The lowest BCUT2D eigenvalue weighted by atomic mass is 10.0. The lowest BCUT2D eigenvalue weighted by molar-refractivity contribution is -0.144. The average molecular weight is 352 g/mol. The van der Waals surface area contributed by atoms with Crippen LogP contribution in [0.15, 0.2) is 24.3 Å². The standard InChI is InChI=1S/C14H10F6N2O2/c1-22-11(14(18,19)20)10(12(23)24)9(21-22)6-7-3-2-4-8(5-7)13(15,16)17/h2-5H,6H2,1H3,(H,23,24). The first-order valence-electron chi connectivity index (χ1n) is 6.43. The van der Waals surface area contributed by atoms with E-state index in [2.05, 4.69) is 5.10 Å². The summed E-state index contributed by atoms with van der Waals surface area (Å²) in [5.74, 6) is -1.85. The SMILES string of the molecule is Cn1nc(Cc2cccc(C(F)(F)F)c2)c(C(=O)O)c1C(F)(F)F. The molecule has 0 saturated carbocycles. The third-order valence-electron chi connectivity index (χ3n) is 3.23. The van der Waals surface area contributed by atoms with Crippen LogP contribution < -0.4 is 0 Å². The van der Waals surface area contributed by atoms with Crippen LogP contribution in [0.3, 0.4) is 0 Å². The van der Waals surface area contributed by atoms with Crippen molar-refractivity contribution in [3.05, 3.63) is 52.3 Å². The molecule has 0 radical (unpaired) electrons. The average Bonchev–Trinajstić information content (AvgIpc) is 2.74. The Bertz CT molecular complexity index is 777. The monoisotopic (exact) mass is 352 g/mol. The van der Waals surface area contributed by atoms with Crippen LogP contribution in [0.1, 0.15) is 32.9 Å². The van der Waals surface area contributed by atoms with Crippen LogP contribution in [0.2, 0.25) is 0 Å². The second-order valence-corrected chi connectivity index (χ2v) is 4.97. The smallest absolute Gasteiger partial charge is 0.433 e. The van der Waals surface area contributed by atoms with E-state index in [1.165, 1.54) is 6.07 Å². The highest BCUT2D eigenvalue weighted by Crippen LogP contribution is 2.34. The van der Waals surface area contributed by atoms with Crippen molar-refractivity contribution in [3.63, 3.8) is 0 Å². The van der Waals surface area contributed by atoms with Gasteiger partial charge in [0.1, 0.15) is 5.56 Å². The molecule has 2 rings (SSSR count). The summed E-state index contributed by atoms with van der Waals surface area (Å²) in [5, 5.41) is 12.6. The summed E-state index contributed by atoms with van der Waals surface area (Å²) in [5.41, 5.74) is -3.97. The minimum atomic E-state index is -4.96. The number of benzene rings is 1. The summed E-state index contributed by atoms with van der Waals surface area (Å²) in [6.45, 7) is 0. The fourth-order valence-electron chi connectivity index (χ4n) is 2.30. The highest BCUT2D eigenvalue weighted by Gasteiger charge is 2.41. The summed E-state index contributed by atoms with van der Waals surface area (Å²) in [4.78, 5) is 11.2. The lowest BCUT2D eigenvalue weighted by Crippen LogP contribution is -2.16. The Hall–Kier alpha value is -2.52. The number of halogens is 6. The predicted octanol–water partition coefficient (Wildman–Crippen LogP) is 3.75. The van der Waals surface area contributed by atoms with Crippen molar-refractivity contribution >= 4 is 5.97 Å². The zero-order chi connectivity index (χ0) is 18.3. The van der Waals surface area contributed by atoms with Crippen LogP contribution in [-0.4, -0.2) is 20.9 Å². The number of carboxylic acids is 1. The highest BCUT2D eigenvalue weighted by atomic mass is 19.4. The number of alkyl halides is 6. The molecule has 10 heteroatoms. The van der Waals surface area contributed by atoms with Gasteiger partial charge in [-0.25, -0.2) is 4.79 Å². The Kier molecular flexibility index (Phi) is 4.34. The largest absolute Gasteiger partial charge is 0.478 e. The van der Waals surface area contributed by atoms with Crippen LogP contribution in [0, 0.1) is 0 Å². The molecule has 0 spiro atoms. The summed E-state index contributed by atoms with van der Waals surface area (Å²) in [7, 11) is 0.922. The zero-order valence-electron chi connectivity index (χ0n) is 12.0. The molecule has 0 saturated heterocycles. The van der Waals surface area contributed by atoms with Gasteiger partial charge in [0.2, 0.25) is 0 Å². The van der Waals surface area contributed by atoms with E-state index in [1.807, 2.05) is 0 Å². The highest BCUT2D eigenvalue weighted by molar-refractivity contribution is 5.90. The number of rotatable bonds is 3. The van der Waals surface area contributed by atoms with Crippen LogP contribution in [-0.2, 0) is 25.8 Å². The van der Waals surface area contributed by atoms with Gasteiger partial charge in [-0.05, 0) is 11.6 Å². The number of hydrogen-bond donors (Lipinski definition) is 1. The normalized spacial score (nSPS) is 12.5. The van der Waals surface area contributed by atoms with Gasteiger partial charge in [-0.1, -0.05) is 18.2 Å². The molecule has 0 aliphatic rings. The number of carbonyl (C=O) groups is 1. The number of nitrogens with zero attached hydrogens (tertiary/aromatic N) is 2. The van der Waals surface area contributed by atoms with Crippen molar-refractivity contribution in [3.8, 4) is 0 Å². The van der Waals surface area contributed by atoms with Gasteiger partial charge in [-0.15, -0.1) is 0 Å². The third-order valence-corrected chi connectivity index (χ3v) is 3.23. The summed E-state index contributed by atoms with van der Waals surface area (Å²) >= 11 is 0. The predicted molar refractivity (Wildman–Crippen MR) is 69.4 cm³/mol. The van der Waals surface area contributed by atoms with Crippen molar-refractivity contribution < 1.29 is 36.2 Å². The molecule has 2 aromatic rings. The van der Waals surface area contributed by atoms with Crippen molar-refractivity contribution in [2.45, 2.75) is 18.8 Å². The van der Waals surface area contributed by atoms with E-state index in [0.717, 1.165) is 25.2 Å². The quantitative estimate of drug-likeness (QED) is 0.856. The van der Waals surface area contributed by atoms with E-state index >= 15 is 0 Å². The van der Waals surface area contributed by atoms with Gasteiger partial charge in [0, 0.05) is 13.5 Å². The van der Waals surface area contributed by atoms with Gasteiger partial charge in [0.05, 0.1) is 11.3 Å². The molecule has 0 unspecified atom stereocenters. The van der Waals surface area contributed by atoms with Gasteiger partial charge in [0.25, 0.3) is 0 Å². The van der Waals surface area contributed by atoms with E-state index in [0.29, 0.717) is 4.68 Å². The van der Waals surface area contributed by atoms with E-state index in [9.17, 15) is 31.1 Å². The van der Waals surface area contributed by atoms with Crippen LogP contribution in [0.25, 0.3) is 0 Å². The first-order valence-corrected chi connectivity index (χ1v) is 6.43. The molecule has 130 valence electrons. The Morgan fingerprint density at radius 2 is 1.79 bits per heavy atom. The summed E-state index contributed by atoms with van der Waals surface area (Å²) in [6.07, 6.45) is -10.1. The third kappa shape index (κ3) is 3.52. The molecule has 0 bridgehead atoms. The van der Waals surface area contributed by atoms with Crippen molar-refractivity contribution in [1.29, 1.82) is 0 Å². The molecule has 0 atom stereocenters. The number of carboxylic acid groups (broad SMARTS) is 1. The Morgan fingerprint density at radius 1 is 1.17 bits per heavy atom. The number of aryl methyl sites for hydroxylation is 1. The second-order valence-electron chi connectivity index (χ2n) is 4.97. The topological polar surface area (TPSA) is 55.1 Å². The number of aromatic nitrogens is 2. The van der Waals surface area contributed by atoms with E-state index in [-0.39, 0.29) is 5.56 Å². The van der Waals surface area contributed by atoms with Crippen LogP contribution in [0.4, 0.5) is 26.3 Å². The maximum absolute atomic E-state index is 13.0. The Labute approximate surface area is 131 Å². The number of aromatic carboxylic acids is 1. The molecule has 24 heavy (non-hydrogen) atoms. The lowest BCUT2D eigenvalue weighted by Gasteiger charge is -2.09. The summed E-state index contributed by atoms with van der Waals surface area (Å²) in [6, 6.07) is 3.89. The first-order chi connectivity index (χ1) is 10.9. The molecular formula is C14H10F6N2O2. The molecule has 0 aliphatic heterocycles. The Balaban J connectivity index is 2.50. The number of hydrogen-bond acceptors (Lipinski definition) is 2. The zero-order valence-corrected chi connectivity index (χ0v) is 12.0. The first kappa shape index (κ1) is 17.8. The van der Waals surface area contributed by atoms with Crippen molar-refractivity contribution in [2.24, 2.45) is 7.05 Å². The van der Waals surface area contributed by atoms with Crippen LogP contribution in [0.5, 0.6) is 0 Å². The minimum Gasteiger partial charge on any atom is -0.478 e. The second kappa shape index (κ2) is 5.84. The maximum atomic E-state index is 13.0. The molecular weight excluding hydrogens is 342 g/mol. The minimum absolute atomic E-state index is 0.000788. The maximum Gasteiger partial charge on any atom is 0.433 e. The van der Waals surface area contributed by atoms with Crippen LogP contribution >= 0.6 is 0 Å². The van der Waals surface area contributed by atoms with E-state index < -0.39 is 47.3 Å². The fourth-order valence-corrected chi connectivity index (χ4v) is 2.30. The molecule has 1 heterocycles. The van der Waals surface area contributed by atoms with Gasteiger partial charge < -0.3 is 5.11 Å². The Morgan fingerprint density at radius 3 is 2.29 bits per heavy atom. The van der Waals surface area contributed by atoms with E-state index in [4.69, 9.17) is 5.11 Å². The van der Waals surface area contributed by atoms with Crippen molar-refractivity contribution in [2.75, 3.05) is 0 Å². The van der Waals surface area contributed by atoms with Gasteiger partial charge in [-0.2, -0.15) is 31.4 Å². The molecule has 1 N–H and O–H groups in total. The molecule has 0 aliphatic carbocycles. The molecule has 4 nitrogen and oxygen atoms in total. The van der Waals surface area contributed by atoms with E-state index in [1.54, 1.807) is 0 Å². The van der Waals surface area contributed by atoms with Crippen molar-refractivity contribution in [1.82, 2.24) is 9.78 Å². The molecule has 1 aromatic heterocycles. The molecule has 0 amide bonds. The van der Waals surface area contributed by atoms with Gasteiger partial charge in [0.15, 0.2) is 5.69 Å². The van der Waals surface area contributed by atoms with Gasteiger partial charge >= 0.3 is 18.3 Å². The fraction of sp³-hybridized carbons (Fsp3) is 0.286. The molecule has 1 aromatic carbocycles. The molecule has 0 fully saturated rings. The van der Waals surface area contributed by atoms with Gasteiger partial charge in [-0.3, -0.25) is 4.68 Å².